The van der Waals surface area contributed by atoms with Crippen molar-refractivity contribution >= 4 is 17.7 Å². The third-order valence-electron chi connectivity index (χ3n) is 7.06. The van der Waals surface area contributed by atoms with Gasteiger partial charge in [0.15, 0.2) is 0 Å². The molecule has 1 saturated heterocycles. The minimum Gasteiger partial charge on any atom is -0.465 e. The van der Waals surface area contributed by atoms with Gasteiger partial charge in [0.05, 0.1) is 22.5 Å². The molecule has 5 rings (SSSR count). The zero-order valence-electron chi connectivity index (χ0n) is 19.0. The number of rotatable bonds is 7. The minimum atomic E-state index is -1.13. The van der Waals surface area contributed by atoms with Crippen molar-refractivity contribution in [2.75, 3.05) is 18.0 Å². The smallest absolute Gasteiger partial charge is 0.405 e. The highest BCUT2D eigenvalue weighted by Crippen LogP contribution is 2.45. The van der Waals surface area contributed by atoms with Crippen LogP contribution < -0.4 is 15.5 Å². The number of hydrogen-bond acceptors (Lipinski definition) is 4. The van der Waals surface area contributed by atoms with Gasteiger partial charge in [0, 0.05) is 37.0 Å². The van der Waals surface area contributed by atoms with Crippen LogP contribution in [0.2, 0.25) is 0 Å². The summed E-state index contributed by atoms with van der Waals surface area (Å²) in [6, 6.07) is 4.94. The molecule has 180 valence electrons. The number of carbonyl (C=O) groups is 2. The van der Waals surface area contributed by atoms with E-state index in [1.807, 2.05) is 4.90 Å². The van der Waals surface area contributed by atoms with Crippen molar-refractivity contribution in [3.63, 3.8) is 0 Å². The summed E-state index contributed by atoms with van der Waals surface area (Å²) in [7, 11) is 0. The first-order valence-corrected chi connectivity index (χ1v) is 11.7. The third kappa shape index (κ3) is 4.69. The van der Waals surface area contributed by atoms with Gasteiger partial charge in [0.2, 0.25) is 0 Å². The molecule has 2 heterocycles. The molecular weight excluding hydrogens is 442 g/mol. The van der Waals surface area contributed by atoms with Crippen LogP contribution in [-0.4, -0.2) is 46.8 Å². The second kappa shape index (κ2) is 8.52. The van der Waals surface area contributed by atoms with Gasteiger partial charge in [0.25, 0.3) is 5.91 Å². The van der Waals surface area contributed by atoms with E-state index in [2.05, 4.69) is 15.6 Å². The summed E-state index contributed by atoms with van der Waals surface area (Å²) < 4.78 is 28.2. The summed E-state index contributed by atoms with van der Waals surface area (Å²) >= 11 is 0. The first kappa shape index (κ1) is 22.6. The lowest BCUT2D eigenvalue weighted by Crippen LogP contribution is -2.47. The molecule has 0 radical (unpaired) electrons. The molecule has 3 fully saturated rings. The number of nitrogens with zero attached hydrogens (tertiary/aromatic N) is 2. The molecule has 7 nitrogen and oxygen atoms in total. The Kier molecular flexibility index (Phi) is 5.65. The summed E-state index contributed by atoms with van der Waals surface area (Å²) in [5, 5.41) is 15.0. The van der Waals surface area contributed by atoms with Crippen LogP contribution in [-0.2, 0) is 0 Å². The molecule has 1 atom stereocenters. The molecule has 2 aromatic rings. The van der Waals surface area contributed by atoms with E-state index in [-0.39, 0.29) is 17.5 Å². The van der Waals surface area contributed by atoms with Gasteiger partial charge in [-0.1, -0.05) is 0 Å². The van der Waals surface area contributed by atoms with Crippen LogP contribution >= 0.6 is 0 Å². The number of aromatic nitrogens is 1. The van der Waals surface area contributed by atoms with E-state index in [9.17, 15) is 23.5 Å². The highest BCUT2D eigenvalue weighted by atomic mass is 19.1. The van der Waals surface area contributed by atoms with Crippen LogP contribution in [0.5, 0.6) is 0 Å². The topological polar surface area (TPSA) is 94.6 Å². The molecule has 2 aliphatic carbocycles. The molecule has 1 unspecified atom stereocenters. The van der Waals surface area contributed by atoms with Gasteiger partial charge in [-0.15, -0.1) is 0 Å². The largest absolute Gasteiger partial charge is 0.465 e. The fraction of sp³-hybridized carbons (Fsp3) is 0.480. The predicted octanol–water partition coefficient (Wildman–Crippen LogP) is 4.18. The molecule has 2 saturated carbocycles. The van der Waals surface area contributed by atoms with Gasteiger partial charge in [-0.2, -0.15) is 0 Å². The Balaban J connectivity index is 1.54. The average Bonchev–Trinajstić information content (AvgIpc) is 3.69. The number of hydrogen-bond donors (Lipinski definition) is 3. The molecule has 0 bridgehead atoms. The van der Waals surface area contributed by atoms with E-state index >= 15 is 0 Å². The zero-order chi connectivity index (χ0) is 24.0. The Labute approximate surface area is 196 Å². The molecule has 9 heteroatoms. The van der Waals surface area contributed by atoms with Crippen LogP contribution in [0, 0.1) is 23.5 Å². The molecule has 1 aromatic heterocycles. The van der Waals surface area contributed by atoms with Crippen LogP contribution in [0.3, 0.4) is 0 Å². The van der Waals surface area contributed by atoms with Gasteiger partial charge in [-0.25, -0.2) is 13.6 Å². The Morgan fingerprint density at radius 2 is 1.79 bits per heavy atom. The third-order valence-corrected chi connectivity index (χ3v) is 7.06. The Morgan fingerprint density at radius 3 is 2.38 bits per heavy atom. The van der Waals surface area contributed by atoms with Crippen LogP contribution in [0.1, 0.15) is 49.4 Å². The van der Waals surface area contributed by atoms with E-state index < -0.39 is 23.3 Å². The molecule has 2 amide bonds. The maximum Gasteiger partial charge on any atom is 0.405 e. The van der Waals surface area contributed by atoms with E-state index in [1.54, 1.807) is 13.0 Å². The number of amides is 2. The van der Waals surface area contributed by atoms with Gasteiger partial charge in [0.1, 0.15) is 11.6 Å². The van der Waals surface area contributed by atoms with E-state index in [0.29, 0.717) is 48.3 Å². The number of carbonyl (C=O) groups excluding carboxylic acids is 1. The van der Waals surface area contributed by atoms with Crippen LogP contribution in [0.25, 0.3) is 11.3 Å². The van der Waals surface area contributed by atoms with Crippen molar-refractivity contribution in [3.05, 3.63) is 47.7 Å². The number of nitrogens with one attached hydrogen (secondary N) is 2. The van der Waals surface area contributed by atoms with Crippen molar-refractivity contribution in [1.29, 1.82) is 0 Å². The zero-order valence-corrected chi connectivity index (χ0v) is 19.0. The van der Waals surface area contributed by atoms with Crippen molar-refractivity contribution < 1.29 is 23.5 Å². The molecule has 0 spiro atoms. The van der Waals surface area contributed by atoms with Gasteiger partial charge >= 0.3 is 6.09 Å². The number of benzene rings is 1. The molecule has 34 heavy (non-hydrogen) atoms. The van der Waals surface area contributed by atoms with E-state index in [4.69, 9.17) is 0 Å². The summed E-state index contributed by atoms with van der Waals surface area (Å²) in [5.41, 5.74) is 0.625. The lowest BCUT2D eigenvalue weighted by atomic mass is 10.0. The fourth-order valence-corrected chi connectivity index (χ4v) is 5.13. The highest BCUT2D eigenvalue weighted by molar-refractivity contribution is 6.03. The maximum atomic E-state index is 14.1. The first-order chi connectivity index (χ1) is 16.2. The Bertz CT molecular complexity index is 1100. The second-order valence-corrected chi connectivity index (χ2v) is 10.1. The fourth-order valence-electron chi connectivity index (χ4n) is 5.13. The average molecular weight is 471 g/mol. The number of pyridine rings is 1. The SMILES string of the molecule is CC1(NC(=O)O)CCN(c2c(C(=O)NC(C3CC3)C3CC3)ccnc2-c2cc(F)cc(F)c2)C1. The molecule has 3 N–H and O–H groups in total. The lowest BCUT2D eigenvalue weighted by Gasteiger charge is -2.28. The van der Waals surface area contributed by atoms with Gasteiger partial charge < -0.3 is 20.6 Å². The predicted molar refractivity (Wildman–Crippen MR) is 123 cm³/mol. The van der Waals surface area contributed by atoms with Crippen molar-refractivity contribution in [2.24, 2.45) is 11.8 Å². The van der Waals surface area contributed by atoms with Crippen molar-refractivity contribution in [1.82, 2.24) is 15.6 Å². The van der Waals surface area contributed by atoms with Gasteiger partial charge in [-0.3, -0.25) is 9.78 Å². The monoisotopic (exact) mass is 470 g/mol. The summed E-state index contributed by atoms with van der Waals surface area (Å²) in [6.07, 6.45) is 5.32. The number of halogens is 2. The van der Waals surface area contributed by atoms with E-state index in [0.717, 1.165) is 31.7 Å². The second-order valence-electron chi connectivity index (χ2n) is 10.1. The highest BCUT2D eigenvalue weighted by Gasteiger charge is 2.43. The summed E-state index contributed by atoms with van der Waals surface area (Å²) in [4.78, 5) is 31.1. The van der Waals surface area contributed by atoms with Crippen molar-refractivity contribution in [2.45, 2.75) is 50.6 Å². The van der Waals surface area contributed by atoms with Crippen LogP contribution in [0.4, 0.5) is 19.3 Å². The normalized spacial score (nSPS) is 22.2. The van der Waals surface area contributed by atoms with Crippen LogP contribution in [0.15, 0.2) is 30.5 Å². The summed E-state index contributed by atoms with van der Waals surface area (Å²) in [6.45, 7) is 2.56. The van der Waals surface area contributed by atoms with E-state index in [1.165, 1.54) is 18.3 Å². The molecule has 1 aromatic carbocycles. The first-order valence-electron chi connectivity index (χ1n) is 11.7. The molecule has 3 aliphatic rings. The Morgan fingerprint density at radius 1 is 1.15 bits per heavy atom. The lowest BCUT2D eigenvalue weighted by molar-refractivity contribution is 0.0926. The maximum absolute atomic E-state index is 14.1. The van der Waals surface area contributed by atoms with Gasteiger partial charge in [-0.05, 0) is 69.1 Å². The quantitative estimate of drug-likeness (QED) is 0.564. The molecule has 1 aliphatic heterocycles. The molecular formula is C25H28F2N4O3. The minimum absolute atomic E-state index is 0.140. The standard InChI is InChI=1S/C25H28F2N4O3/c1-25(30-24(33)34)7-9-31(13-25)22-19(23(32)29-20(14-2-3-14)15-4-5-15)6-8-28-21(22)16-10-17(26)12-18(27)11-16/h6,8,10-12,14-15,20,30H,2-5,7,9,13H2,1H3,(H,29,32)(H,33,34). The Hall–Kier alpha value is -3.23. The summed E-state index contributed by atoms with van der Waals surface area (Å²) in [5.74, 6) is -0.696. The number of carboxylic acid groups (broad SMARTS) is 1. The van der Waals surface area contributed by atoms with Crippen molar-refractivity contribution in [3.8, 4) is 11.3 Å². The number of anilines is 1.